The number of cyclic esters (lactones) is 1. The Morgan fingerprint density at radius 3 is 2.90 bits per heavy atom. The smallest absolute Gasteiger partial charge is 0.414 e. The van der Waals surface area contributed by atoms with Gasteiger partial charge >= 0.3 is 12.3 Å². The van der Waals surface area contributed by atoms with E-state index < -0.39 is 30.7 Å². The van der Waals surface area contributed by atoms with Crippen molar-refractivity contribution in [2.75, 3.05) is 18.0 Å². The molecule has 0 saturated carbocycles. The Balaban J connectivity index is 1.44. The van der Waals surface area contributed by atoms with Crippen LogP contribution in [0.25, 0.3) is 11.3 Å². The van der Waals surface area contributed by atoms with Crippen LogP contribution in [0.5, 0.6) is 0 Å². The van der Waals surface area contributed by atoms with Crippen molar-refractivity contribution >= 4 is 17.7 Å². The predicted octanol–water partition coefficient (Wildman–Crippen LogP) is 2.96. The molecule has 7 nitrogen and oxygen atoms in total. The lowest BCUT2D eigenvalue weighted by Crippen LogP contribution is -2.36. The number of ether oxygens (including phenoxy) is 1. The third kappa shape index (κ3) is 4.20. The second kappa shape index (κ2) is 7.41. The molecule has 29 heavy (non-hydrogen) atoms. The molecule has 2 N–H and O–H groups in total. The van der Waals surface area contributed by atoms with E-state index in [4.69, 9.17) is 4.74 Å². The fraction of sp³-hybridized carbons (Fsp3) is 0.421. The van der Waals surface area contributed by atoms with Gasteiger partial charge in [-0.15, -0.1) is 0 Å². The van der Waals surface area contributed by atoms with Crippen LogP contribution >= 0.6 is 0 Å². The van der Waals surface area contributed by atoms with Crippen LogP contribution in [0.2, 0.25) is 0 Å². The van der Waals surface area contributed by atoms with E-state index in [2.05, 4.69) is 15.5 Å². The van der Waals surface area contributed by atoms with Crippen molar-refractivity contribution in [2.24, 2.45) is 0 Å². The highest BCUT2D eigenvalue weighted by Crippen LogP contribution is 2.34. The van der Waals surface area contributed by atoms with Gasteiger partial charge in [-0.3, -0.25) is 14.8 Å². The van der Waals surface area contributed by atoms with Gasteiger partial charge < -0.3 is 10.1 Å². The van der Waals surface area contributed by atoms with Crippen LogP contribution in [0.4, 0.5) is 23.7 Å². The van der Waals surface area contributed by atoms with Gasteiger partial charge in [0.15, 0.2) is 0 Å². The molecule has 2 amide bonds. The summed E-state index contributed by atoms with van der Waals surface area (Å²) in [7, 11) is 0. The lowest BCUT2D eigenvalue weighted by atomic mass is 10.0. The molecule has 1 aliphatic heterocycles. The highest BCUT2D eigenvalue weighted by molar-refractivity contribution is 5.90. The number of hydrogen-bond acceptors (Lipinski definition) is 4. The van der Waals surface area contributed by atoms with Crippen LogP contribution in [0.1, 0.15) is 24.0 Å². The Morgan fingerprint density at radius 1 is 1.31 bits per heavy atom. The maximum absolute atomic E-state index is 12.2. The molecule has 4 rings (SSSR count). The molecule has 0 bridgehead atoms. The zero-order valence-corrected chi connectivity index (χ0v) is 15.4. The molecule has 2 aliphatic rings. The number of hydrogen-bond donors (Lipinski definition) is 2. The molecule has 154 valence electrons. The third-order valence-corrected chi connectivity index (χ3v) is 5.04. The van der Waals surface area contributed by atoms with Gasteiger partial charge in [-0.05, 0) is 42.5 Å². The summed E-state index contributed by atoms with van der Waals surface area (Å²) in [5.74, 6) is -1.15. The van der Waals surface area contributed by atoms with Gasteiger partial charge in [0.2, 0.25) is 5.91 Å². The van der Waals surface area contributed by atoms with Crippen molar-refractivity contribution < 1.29 is 27.5 Å². The zero-order valence-electron chi connectivity index (χ0n) is 15.4. The first-order valence-electron chi connectivity index (χ1n) is 9.27. The number of amides is 2. The molecule has 10 heteroatoms. The lowest BCUT2D eigenvalue weighted by molar-refractivity contribution is -0.154. The summed E-state index contributed by atoms with van der Waals surface area (Å²) >= 11 is 0. The van der Waals surface area contributed by atoms with Crippen molar-refractivity contribution in [3.63, 3.8) is 0 Å². The second-order valence-corrected chi connectivity index (χ2v) is 7.18. The number of alkyl halides is 3. The number of fused-ring (bicyclic) bond motifs is 3. The number of anilines is 1. The molecule has 1 aromatic carbocycles. The topological polar surface area (TPSA) is 87.3 Å². The molecule has 1 unspecified atom stereocenters. The number of aromatic nitrogens is 2. The Hall–Kier alpha value is -3.04. The summed E-state index contributed by atoms with van der Waals surface area (Å²) in [6, 6.07) is 5.66. The molecule has 1 aromatic heterocycles. The minimum atomic E-state index is -4.57. The van der Waals surface area contributed by atoms with Crippen LogP contribution in [0.3, 0.4) is 0 Å². The van der Waals surface area contributed by atoms with Crippen molar-refractivity contribution in [1.82, 2.24) is 15.5 Å². The first-order chi connectivity index (χ1) is 13.8. The zero-order chi connectivity index (χ0) is 20.6. The number of aryl methyl sites for hydroxylation is 2. The number of nitrogens with zero attached hydrogens (tertiary/aromatic N) is 2. The SMILES string of the molecule is O=C(CC(F)(F)F)NCC1CN(c2ccc3c(c2)CCCc2cn[nH]c2-3)C(=O)O1. The summed E-state index contributed by atoms with van der Waals surface area (Å²) in [4.78, 5) is 25.0. The van der Waals surface area contributed by atoms with E-state index in [1.807, 2.05) is 18.3 Å². The van der Waals surface area contributed by atoms with E-state index in [-0.39, 0.29) is 13.1 Å². The fourth-order valence-corrected chi connectivity index (χ4v) is 3.71. The van der Waals surface area contributed by atoms with Crippen molar-refractivity contribution in [1.29, 1.82) is 0 Å². The van der Waals surface area contributed by atoms with Crippen LogP contribution in [-0.2, 0) is 22.4 Å². The molecule has 1 saturated heterocycles. The molecule has 0 radical (unpaired) electrons. The highest BCUT2D eigenvalue weighted by Gasteiger charge is 2.35. The summed E-state index contributed by atoms with van der Waals surface area (Å²) in [6.45, 7) is -0.0151. The number of benzene rings is 1. The Morgan fingerprint density at radius 2 is 2.10 bits per heavy atom. The first kappa shape index (κ1) is 19.3. The second-order valence-electron chi connectivity index (χ2n) is 7.18. The van der Waals surface area contributed by atoms with Gasteiger partial charge in [-0.1, -0.05) is 6.07 Å². The van der Waals surface area contributed by atoms with Crippen molar-refractivity contribution in [3.8, 4) is 11.3 Å². The fourth-order valence-electron chi connectivity index (χ4n) is 3.71. The quantitative estimate of drug-likeness (QED) is 0.814. The first-order valence-corrected chi connectivity index (χ1v) is 9.27. The summed E-state index contributed by atoms with van der Waals surface area (Å²) in [6.07, 6.45) is -2.87. The molecule has 2 heterocycles. The number of aromatic amines is 1. The molecule has 0 spiro atoms. The molecular weight excluding hydrogens is 389 g/mol. The van der Waals surface area contributed by atoms with Gasteiger partial charge in [0, 0.05) is 11.3 Å². The van der Waals surface area contributed by atoms with Gasteiger partial charge in [-0.25, -0.2) is 4.79 Å². The van der Waals surface area contributed by atoms with Gasteiger partial charge in [0.05, 0.1) is 25.0 Å². The number of H-pyrrole nitrogens is 1. The number of rotatable bonds is 4. The number of carbonyl (C=O) groups is 2. The standard InChI is InChI=1S/C19H19F3N4O3/c20-19(21,22)7-16(27)23-9-14-10-26(18(28)29-14)13-4-5-15-11(6-13)2-1-3-12-8-24-25-17(12)15/h4-6,8,14H,1-3,7,9-10H2,(H,23,27)(H,24,25). The average Bonchev–Trinajstić information content (AvgIpc) is 3.21. The maximum atomic E-state index is 12.2. The molecule has 1 atom stereocenters. The van der Waals surface area contributed by atoms with Crippen LogP contribution in [0, 0.1) is 0 Å². The van der Waals surface area contributed by atoms with Gasteiger partial charge in [0.1, 0.15) is 12.5 Å². The maximum Gasteiger partial charge on any atom is 0.414 e. The Bertz CT molecular complexity index is 941. The largest absolute Gasteiger partial charge is 0.442 e. The van der Waals surface area contributed by atoms with Crippen LogP contribution in [-0.4, -0.2) is 47.6 Å². The molecule has 2 aromatic rings. The predicted molar refractivity (Wildman–Crippen MR) is 97.3 cm³/mol. The van der Waals surface area contributed by atoms with E-state index in [0.29, 0.717) is 5.69 Å². The minimum absolute atomic E-state index is 0.152. The van der Waals surface area contributed by atoms with E-state index >= 15 is 0 Å². The third-order valence-electron chi connectivity index (χ3n) is 5.04. The Kier molecular flexibility index (Phi) is 4.93. The van der Waals surface area contributed by atoms with Gasteiger partial charge in [0.25, 0.3) is 0 Å². The van der Waals surface area contributed by atoms with E-state index in [1.165, 1.54) is 4.90 Å². The summed E-state index contributed by atoms with van der Waals surface area (Å²) < 4.78 is 41.9. The molecule has 1 fully saturated rings. The van der Waals surface area contributed by atoms with Gasteiger partial charge in [-0.2, -0.15) is 18.3 Å². The van der Waals surface area contributed by atoms with Crippen LogP contribution < -0.4 is 10.2 Å². The van der Waals surface area contributed by atoms with Crippen LogP contribution in [0.15, 0.2) is 24.4 Å². The Labute approximate surface area is 164 Å². The van der Waals surface area contributed by atoms with E-state index in [1.54, 1.807) is 6.07 Å². The average molecular weight is 408 g/mol. The number of carbonyl (C=O) groups excluding carboxylic acids is 2. The molecule has 1 aliphatic carbocycles. The lowest BCUT2D eigenvalue weighted by Gasteiger charge is -2.16. The summed E-state index contributed by atoms with van der Waals surface area (Å²) in [5, 5.41) is 9.30. The van der Waals surface area contributed by atoms with E-state index in [9.17, 15) is 22.8 Å². The molecular formula is C19H19F3N4O3. The highest BCUT2D eigenvalue weighted by atomic mass is 19.4. The normalized spacial score (nSPS) is 18.7. The van der Waals surface area contributed by atoms with E-state index in [0.717, 1.165) is 41.6 Å². The monoisotopic (exact) mass is 408 g/mol. The summed E-state index contributed by atoms with van der Waals surface area (Å²) in [5.41, 5.74) is 4.92. The van der Waals surface area contributed by atoms with Crippen molar-refractivity contribution in [3.05, 3.63) is 35.5 Å². The van der Waals surface area contributed by atoms with Crippen molar-refractivity contribution in [2.45, 2.75) is 38.0 Å². The number of nitrogens with one attached hydrogen (secondary N) is 2. The number of halogens is 3. The minimum Gasteiger partial charge on any atom is -0.442 e.